The standard InChI is InChI=1S/C11H18.C2H6.HI/c1-9(2)5-6-10(3,4)11(9)7-8-11;1-2;/h5-6H,7-8H2,1-4H3;1-2H3;1H. The summed E-state index contributed by atoms with van der Waals surface area (Å²) in [6.45, 7) is 13.5. The highest BCUT2D eigenvalue weighted by Crippen LogP contribution is 2.72. The first-order valence-corrected chi connectivity index (χ1v) is 5.62. The van der Waals surface area contributed by atoms with Gasteiger partial charge in [-0.2, -0.15) is 0 Å². The van der Waals surface area contributed by atoms with Gasteiger partial charge in [0.2, 0.25) is 0 Å². The maximum atomic E-state index is 2.42. The first-order chi connectivity index (χ1) is 5.91. The molecule has 0 unspecified atom stereocenters. The van der Waals surface area contributed by atoms with Gasteiger partial charge in [-0.1, -0.05) is 53.7 Å². The summed E-state index contributed by atoms with van der Waals surface area (Å²) in [4.78, 5) is 0. The Labute approximate surface area is 107 Å². The van der Waals surface area contributed by atoms with Crippen LogP contribution < -0.4 is 0 Å². The summed E-state index contributed by atoms with van der Waals surface area (Å²) in [7, 11) is 0. The van der Waals surface area contributed by atoms with E-state index in [-0.39, 0.29) is 24.0 Å². The van der Waals surface area contributed by atoms with Crippen molar-refractivity contribution in [3.05, 3.63) is 12.2 Å². The largest absolute Gasteiger partial charge is 0.107 e. The van der Waals surface area contributed by atoms with E-state index in [0.717, 1.165) is 0 Å². The molecule has 0 aromatic carbocycles. The van der Waals surface area contributed by atoms with E-state index < -0.39 is 0 Å². The number of hydrogen-bond acceptors (Lipinski definition) is 0. The molecule has 0 nitrogen and oxygen atoms in total. The monoisotopic (exact) mass is 308 g/mol. The molecule has 0 heterocycles. The molecule has 1 saturated carbocycles. The summed E-state index contributed by atoms with van der Waals surface area (Å²) in [6, 6.07) is 0. The van der Waals surface area contributed by atoms with Crippen molar-refractivity contribution in [1.29, 1.82) is 0 Å². The van der Waals surface area contributed by atoms with Gasteiger partial charge in [0, 0.05) is 0 Å². The molecule has 0 aromatic heterocycles. The average Bonchev–Trinajstić information content (AvgIpc) is 2.82. The molecule has 0 aliphatic heterocycles. The van der Waals surface area contributed by atoms with Crippen molar-refractivity contribution < 1.29 is 0 Å². The van der Waals surface area contributed by atoms with E-state index in [1.54, 1.807) is 0 Å². The third kappa shape index (κ3) is 1.77. The van der Waals surface area contributed by atoms with Gasteiger partial charge in [0.25, 0.3) is 0 Å². The van der Waals surface area contributed by atoms with E-state index in [9.17, 15) is 0 Å². The van der Waals surface area contributed by atoms with Crippen molar-refractivity contribution in [2.45, 2.75) is 54.4 Å². The Hall–Kier alpha value is 0.470. The number of halogens is 1. The number of hydrogen-bond donors (Lipinski definition) is 0. The second-order valence-corrected chi connectivity index (χ2v) is 5.36. The summed E-state index contributed by atoms with van der Waals surface area (Å²) in [5.41, 5.74) is 1.53. The minimum absolute atomic E-state index is 0. The van der Waals surface area contributed by atoms with Crippen LogP contribution in [0.5, 0.6) is 0 Å². The fourth-order valence-electron chi connectivity index (χ4n) is 2.98. The zero-order chi connectivity index (χ0) is 10.3. The van der Waals surface area contributed by atoms with Crippen molar-refractivity contribution >= 4 is 24.0 Å². The minimum Gasteiger partial charge on any atom is -0.107 e. The molecule has 0 aromatic rings. The lowest BCUT2D eigenvalue weighted by atomic mass is 9.68. The van der Waals surface area contributed by atoms with Crippen molar-refractivity contribution in [3.8, 4) is 0 Å². The van der Waals surface area contributed by atoms with Crippen LogP contribution in [0.15, 0.2) is 12.2 Å². The van der Waals surface area contributed by atoms with Crippen LogP contribution in [0.25, 0.3) is 0 Å². The summed E-state index contributed by atoms with van der Waals surface area (Å²) in [5, 5.41) is 0. The average molecular weight is 308 g/mol. The molecular weight excluding hydrogens is 283 g/mol. The Morgan fingerprint density at radius 2 is 1.07 bits per heavy atom. The van der Waals surface area contributed by atoms with E-state index >= 15 is 0 Å². The van der Waals surface area contributed by atoms with Crippen LogP contribution >= 0.6 is 24.0 Å². The van der Waals surface area contributed by atoms with E-state index in [1.807, 2.05) is 13.8 Å². The van der Waals surface area contributed by atoms with E-state index in [4.69, 9.17) is 0 Å². The van der Waals surface area contributed by atoms with Gasteiger partial charge in [-0.05, 0) is 29.1 Å². The van der Waals surface area contributed by atoms with Crippen molar-refractivity contribution in [2.75, 3.05) is 0 Å². The predicted molar refractivity (Wildman–Crippen MR) is 75.1 cm³/mol. The lowest BCUT2D eigenvalue weighted by molar-refractivity contribution is 0.152. The highest BCUT2D eigenvalue weighted by Gasteiger charge is 2.63. The molecule has 2 rings (SSSR count). The normalized spacial score (nSPS) is 27.6. The molecule has 2 aliphatic rings. The Kier molecular flexibility index (Phi) is 4.29. The van der Waals surface area contributed by atoms with Crippen LogP contribution in [0.1, 0.15) is 54.4 Å². The summed E-state index contributed by atoms with van der Waals surface area (Å²) < 4.78 is 0. The first kappa shape index (κ1) is 14.5. The Balaban J connectivity index is 0.000000531. The first-order valence-electron chi connectivity index (χ1n) is 5.62. The van der Waals surface area contributed by atoms with Crippen LogP contribution in [0.4, 0.5) is 0 Å². The van der Waals surface area contributed by atoms with Crippen molar-refractivity contribution in [3.63, 3.8) is 0 Å². The van der Waals surface area contributed by atoms with Crippen LogP contribution in [-0.2, 0) is 0 Å². The van der Waals surface area contributed by atoms with Gasteiger partial charge in [-0.25, -0.2) is 0 Å². The van der Waals surface area contributed by atoms with Gasteiger partial charge in [-0.15, -0.1) is 24.0 Å². The van der Waals surface area contributed by atoms with Gasteiger partial charge in [0.05, 0.1) is 0 Å². The zero-order valence-corrected chi connectivity index (χ0v) is 12.8. The van der Waals surface area contributed by atoms with Gasteiger partial charge < -0.3 is 0 Å². The lowest BCUT2D eigenvalue weighted by Crippen LogP contribution is -2.30. The third-order valence-electron chi connectivity index (χ3n) is 4.13. The molecular formula is C13H25I. The number of rotatable bonds is 0. The molecule has 1 fully saturated rings. The predicted octanol–water partition coefficient (Wildman–Crippen LogP) is 5.03. The molecule has 2 aliphatic carbocycles. The molecule has 0 saturated heterocycles. The lowest BCUT2D eigenvalue weighted by Gasteiger charge is -2.36. The Bertz CT molecular complexity index is 199. The molecule has 14 heavy (non-hydrogen) atoms. The molecule has 1 heteroatoms. The van der Waals surface area contributed by atoms with Crippen LogP contribution in [0.3, 0.4) is 0 Å². The van der Waals surface area contributed by atoms with Gasteiger partial charge in [0.1, 0.15) is 0 Å². The topological polar surface area (TPSA) is 0 Å². The molecule has 0 radical (unpaired) electrons. The van der Waals surface area contributed by atoms with Gasteiger partial charge in [-0.3, -0.25) is 0 Å². The second-order valence-electron chi connectivity index (χ2n) is 5.36. The SMILES string of the molecule is CC.CC1(C)C=CC(C)(C)C12CC2.I. The summed E-state index contributed by atoms with van der Waals surface area (Å²) >= 11 is 0. The maximum absolute atomic E-state index is 2.42. The number of allylic oxidation sites excluding steroid dienone is 2. The molecule has 0 N–H and O–H groups in total. The highest BCUT2D eigenvalue weighted by atomic mass is 127. The molecule has 0 amide bonds. The Morgan fingerprint density at radius 3 is 1.21 bits per heavy atom. The third-order valence-corrected chi connectivity index (χ3v) is 4.13. The quantitative estimate of drug-likeness (QED) is 0.435. The minimum atomic E-state index is 0. The van der Waals surface area contributed by atoms with Crippen LogP contribution in [0.2, 0.25) is 0 Å². The van der Waals surface area contributed by atoms with E-state index in [0.29, 0.717) is 16.2 Å². The van der Waals surface area contributed by atoms with Crippen LogP contribution in [-0.4, -0.2) is 0 Å². The molecule has 84 valence electrons. The maximum Gasteiger partial charge on any atom is -0.0110 e. The zero-order valence-electron chi connectivity index (χ0n) is 10.5. The van der Waals surface area contributed by atoms with E-state index in [1.165, 1.54) is 12.8 Å². The fraction of sp³-hybridized carbons (Fsp3) is 0.846. The van der Waals surface area contributed by atoms with Crippen LogP contribution in [0, 0.1) is 16.2 Å². The second kappa shape index (κ2) is 4.15. The molecule has 0 bridgehead atoms. The Morgan fingerprint density at radius 1 is 0.786 bits per heavy atom. The molecule has 0 atom stereocenters. The summed E-state index contributed by atoms with van der Waals surface area (Å²) in [6.07, 6.45) is 7.69. The van der Waals surface area contributed by atoms with Gasteiger partial charge >= 0.3 is 0 Å². The van der Waals surface area contributed by atoms with Crippen molar-refractivity contribution in [1.82, 2.24) is 0 Å². The van der Waals surface area contributed by atoms with E-state index in [2.05, 4.69) is 39.8 Å². The fourth-order valence-corrected chi connectivity index (χ4v) is 2.98. The smallest absolute Gasteiger partial charge is 0.0110 e. The highest BCUT2D eigenvalue weighted by molar-refractivity contribution is 14.0. The summed E-state index contributed by atoms with van der Waals surface area (Å²) in [5.74, 6) is 0. The van der Waals surface area contributed by atoms with Gasteiger partial charge in [0.15, 0.2) is 0 Å². The molecule has 1 spiro atoms. The van der Waals surface area contributed by atoms with Crippen molar-refractivity contribution in [2.24, 2.45) is 16.2 Å².